The standard InChI is InChI=1S/C18H14N2O2/c21-18(22)15-9-2-1-7-13(15)14-8-3-4-10-16(14)20-17-11-5-6-12-19-17/h1-12H,(H,19,20)(H,21,22). The van der Waals surface area contributed by atoms with Gasteiger partial charge in [0.1, 0.15) is 5.82 Å². The second-order valence-corrected chi connectivity index (χ2v) is 4.74. The number of rotatable bonds is 4. The topological polar surface area (TPSA) is 62.2 Å². The molecule has 108 valence electrons. The largest absolute Gasteiger partial charge is 0.478 e. The maximum absolute atomic E-state index is 11.4. The highest BCUT2D eigenvalue weighted by atomic mass is 16.4. The van der Waals surface area contributed by atoms with E-state index in [1.54, 1.807) is 18.3 Å². The Hall–Kier alpha value is -3.14. The minimum atomic E-state index is -0.941. The normalized spacial score (nSPS) is 10.2. The first kappa shape index (κ1) is 13.8. The van der Waals surface area contributed by atoms with Gasteiger partial charge < -0.3 is 10.4 Å². The van der Waals surface area contributed by atoms with Gasteiger partial charge in [0.05, 0.1) is 5.56 Å². The van der Waals surface area contributed by atoms with Crippen molar-refractivity contribution in [3.05, 3.63) is 78.5 Å². The number of para-hydroxylation sites is 1. The summed E-state index contributed by atoms with van der Waals surface area (Å²) in [4.78, 5) is 15.7. The minimum absolute atomic E-state index is 0.276. The Morgan fingerprint density at radius 2 is 1.55 bits per heavy atom. The molecule has 0 saturated carbocycles. The monoisotopic (exact) mass is 290 g/mol. The molecule has 4 heteroatoms. The fourth-order valence-corrected chi connectivity index (χ4v) is 2.31. The van der Waals surface area contributed by atoms with Crippen molar-refractivity contribution in [3.8, 4) is 11.1 Å². The van der Waals surface area contributed by atoms with Gasteiger partial charge in [-0.25, -0.2) is 9.78 Å². The lowest BCUT2D eigenvalue weighted by Crippen LogP contribution is -2.01. The van der Waals surface area contributed by atoms with E-state index in [4.69, 9.17) is 0 Å². The Balaban J connectivity index is 2.08. The smallest absolute Gasteiger partial charge is 0.336 e. The van der Waals surface area contributed by atoms with Crippen LogP contribution < -0.4 is 5.32 Å². The lowest BCUT2D eigenvalue weighted by molar-refractivity contribution is 0.0698. The van der Waals surface area contributed by atoms with Crippen molar-refractivity contribution in [2.75, 3.05) is 5.32 Å². The van der Waals surface area contributed by atoms with Crippen LogP contribution in [0.4, 0.5) is 11.5 Å². The Labute approximate surface area is 128 Å². The molecular weight excluding hydrogens is 276 g/mol. The van der Waals surface area contributed by atoms with Crippen molar-refractivity contribution in [2.24, 2.45) is 0 Å². The Kier molecular flexibility index (Phi) is 3.83. The number of carboxylic acids is 1. The number of pyridine rings is 1. The van der Waals surface area contributed by atoms with E-state index in [-0.39, 0.29) is 5.56 Å². The van der Waals surface area contributed by atoms with Gasteiger partial charge in [0, 0.05) is 17.4 Å². The first-order valence-corrected chi connectivity index (χ1v) is 6.85. The molecule has 0 bridgehead atoms. The highest BCUT2D eigenvalue weighted by Gasteiger charge is 2.13. The van der Waals surface area contributed by atoms with E-state index < -0.39 is 5.97 Å². The molecule has 0 unspecified atom stereocenters. The lowest BCUT2D eigenvalue weighted by Gasteiger charge is -2.13. The number of anilines is 2. The summed E-state index contributed by atoms with van der Waals surface area (Å²) in [5.41, 5.74) is 2.59. The van der Waals surface area contributed by atoms with Gasteiger partial charge in [-0.3, -0.25) is 0 Å². The number of nitrogens with zero attached hydrogens (tertiary/aromatic N) is 1. The number of aromatic carboxylic acids is 1. The van der Waals surface area contributed by atoms with Gasteiger partial charge in [0.25, 0.3) is 0 Å². The summed E-state index contributed by atoms with van der Waals surface area (Å²) in [6.45, 7) is 0. The van der Waals surface area contributed by atoms with E-state index in [1.807, 2.05) is 54.6 Å². The number of benzene rings is 2. The summed E-state index contributed by atoms with van der Waals surface area (Å²) in [5, 5.41) is 12.6. The molecule has 0 atom stereocenters. The zero-order valence-corrected chi connectivity index (χ0v) is 11.7. The fourth-order valence-electron chi connectivity index (χ4n) is 2.31. The Bertz CT molecular complexity index is 801. The maximum Gasteiger partial charge on any atom is 0.336 e. The summed E-state index contributed by atoms with van der Waals surface area (Å²) in [6.07, 6.45) is 1.70. The number of hydrogen-bond acceptors (Lipinski definition) is 3. The third-order valence-electron chi connectivity index (χ3n) is 3.30. The third kappa shape index (κ3) is 2.81. The summed E-state index contributed by atoms with van der Waals surface area (Å²) < 4.78 is 0. The molecule has 4 nitrogen and oxygen atoms in total. The number of hydrogen-bond donors (Lipinski definition) is 2. The van der Waals surface area contributed by atoms with Gasteiger partial charge in [-0.05, 0) is 29.8 Å². The predicted octanol–water partition coefficient (Wildman–Crippen LogP) is 4.19. The van der Waals surface area contributed by atoms with Crippen LogP contribution in [0.25, 0.3) is 11.1 Å². The first-order valence-electron chi connectivity index (χ1n) is 6.85. The molecule has 0 aliphatic heterocycles. The van der Waals surface area contributed by atoms with Crippen LogP contribution >= 0.6 is 0 Å². The van der Waals surface area contributed by atoms with Crippen LogP contribution in [0.3, 0.4) is 0 Å². The first-order chi connectivity index (χ1) is 10.8. The van der Waals surface area contributed by atoms with Gasteiger partial charge in [0.2, 0.25) is 0 Å². The minimum Gasteiger partial charge on any atom is -0.478 e. The average molecular weight is 290 g/mol. The molecule has 1 aromatic heterocycles. The number of carbonyl (C=O) groups is 1. The van der Waals surface area contributed by atoms with E-state index in [1.165, 1.54) is 0 Å². The summed E-state index contributed by atoms with van der Waals surface area (Å²) in [7, 11) is 0. The number of carboxylic acid groups (broad SMARTS) is 1. The predicted molar refractivity (Wildman–Crippen MR) is 86.4 cm³/mol. The maximum atomic E-state index is 11.4. The molecule has 0 amide bonds. The van der Waals surface area contributed by atoms with Crippen molar-refractivity contribution in [1.29, 1.82) is 0 Å². The van der Waals surface area contributed by atoms with E-state index in [0.717, 1.165) is 11.3 Å². The molecule has 0 aliphatic rings. The van der Waals surface area contributed by atoms with Crippen molar-refractivity contribution < 1.29 is 9.90 Å². The van der Waals surface area contributed by atoms with Crippen molar-refractivity contribution in [3.63, 3.8) is 0 Å². The second-order valence-electron chi connectivity index (χ2n) is 4.74. The van der Waals surface area contributed by atoms with Crippen LogP contribution in [0.5, 0.6) is 0 Å². The molecule has 0 radical (unpaired) electrons. The van der Waals surface area contributed by atoms with Gasteiger partial charge in [-0.2, -0.15) is 0 Å². The molecule has 0 aliphatic carbocycles. The van der Waals surface area contributed by atoms with Gasteiger partial charge in [-0.1, -0.05) is 42.5 Å². The van der Waals surface area contributed by atoms with Crippen LogP contribution in [0.1, 0.15) is 10.4 Å². The third-order valence-corrected chi connectivity index (χ3v) is 3.30. The van der Waals surface area contributed by atoms with Gasteiger partial charge in [-0.15, -0.1) is 0 Å². The molecule has 0 fully saturated rings. The SMILES string of the molecule is O=C(O)c1ccccc1-c1ccccc1Nc1ccccn1. The van der Waals surface area contributed by atoms with Crippen LogP contribution in [0.2, 0.25) is 0 Å². The summed E-state index contributed by atoms with van der Waals surface area (Å²) in [5.74, 6) is -0.231. The van der Waals surface area contributed by atoms with Crippen molar-refractivity contribution >= 4 is 17.5 Å². The Morgan fingerprint density at radius 1 is 0.864 bits per heavy atom. The number of nitrogens with one attached hydrogen (secondary N) is 1. The van der Waals surface area contributed by atoms with Gasteiger partial charge >= 0.3 is 5.97 Å². The van der Waals surface area contributed by atoms with Crippen LogP contribution in [0, 0.1) is 0 Å². The summed E-state index contributed by atoms with van der Waals surface area (Å²) in [6, 6.07) is 20.2. The zero-order chi connectivity index (χ0) is 15.4. The van der Waals surface area contributed by atoms with Crippen molar-refractivity contribution in [1.82, 2.24) is 4.98 Å². The highest BCUT2D eigenvalue weighted by Crippen LogP contribution is 2.32. The molecule has 2 N–H and O–H groups in total. The average Bonchev–Trinajstić information content (AvgIpc) is 2.56. The van der Waals surface area contributed by atoms with Crippen LogP contribution in [-0.2, 0) is 0 Å². The zero-order valence-electron chi connectivity index (χ0n) is 11.7. The quantitative estimate of drug-likeness (QED) is 0.756. The van der Waals surface area contributed by atoms with Gasteiger partial charge in [0.15, 0.2) is 0 Å². The Morgan fingerprint density at radius 3 is 2.27 bits per heavy atom. The fraction of sp³-hybridized carbons (Fsp3) is 0. The van der Waals surface area contributed by atoms with E-state index in [2.05, 4.69) is 10.3 Å². The molecule has 3 aromatic rings. The lowest BCUT2D eigenvalue weighted by atomic mass is 9.98. The van der Waals surface area contributed by atoms with E-state index in [9.17, 15) is 9.90 Å². The second kappa shape index (κ2) is 6.10. The number of aromatic nitrogens is 1. The molecule has 0 spiro atoms. The van der Waals surface area contributed by atoms with Crippen LogP contribution in [-0.4, -0.2) is 16.1 Å². The van der Waals surface area contributed by atoms with E-state index >= 15 is 0 Å². The van der Waals surface area contributed by atoms with E-state index in [0.29, 0.717) is 11.4 Å². The van der Waals surface area contributed by atoms with Crippen LogP contribution in [0.15, 0.2) is 72.9 Å². The highest BCUT2D eigenvalue weighted by molar-refractivity contribution is 5.98. The molecule has 3 rings (SSSR count). The van der Waals surface area contributed by atoms with Crippen molar-refractivity contribution in [2.45, 2.75) is 0 Å². The molecular formula is C18H14N2O2. The summed E-state index contributed by atoms with van der Waals surface area (Å²) >= 11 is 0. The molecule has 0 saturated heterocycles. The molecule has 22 heavy (non-hydrogen) atoms. The molecule has 1 heterocycles. The molecule has 2 aromatic carbocycles.